The monoisotopic (exact) mass is 354 g/mol. The number of para-hydroxylation sites is 1. The third-order valence-corrected chi connectivity index (χ3v) is 4.83. The van der Waals surface area contributed by atoms with E-state index in [1.165, 1.54) is 5.56 Å². The van der Waals surface area contributed by atoms with Crippen molar-refractivity contribution in [3.8, 4) is 5.75 Å². The highest BCUT2D eigenvalue weighted by atomic mass is 16.5. The van der Waals surface area contributed by atoms with Gasteiger partial charge in [-0.25, -0.2) is 4.79 Å². The zero-order valence-electron chi connectivity index (χ0n) is 15.9. The number of carboxylic acid groups (broad SMARTS) is 1. The summed E-state index contributed by atoms with van der Waals surface area (Å²) in [6.45, 7) is 4.39. The molecule has 1 N–H and O–H groups in total. The van der Waals surface area contributed by atoms with Crippen LogP contribution in [0.25, 0.3) is 0 Å². The molecule has 0 aliphatic heterocycles. The van der Waals surface area contributed by atoms with Gasteiger partial charge in [0.1, 0.15) is 11.3 Å². The first-order valence-corrected chi connectivity index (χ1v) is 9.66. The number of benzene rings is 2. The molecule has 2 aromatic rings. The predicted molar refractivity (Wildman–Crippen MR) is 106 cm³/mol. The molecule has 2 unspecified atom stereocenters. The van der Waals surface area contributed by atoms with Crippen LogP contribution >= 0.6 is 0 Å². The summed E-state index contributed by atoms with van der Waals surface area (Å²) in [5.74, 6) is 0.0677. The van der Waals surface area contributed by atoms with E-state index in [9.17, 15) is 9.90 Å². The average molecular weight is 354 g/mol. The maximum absolute atomic E-state index is 11.5. The molecule has 0 saturated heterocycles. The Morgan fingerprint density at radius 1 is 1.04 bits per heavy atom. The van der Waals surface area contributed by atoms with Crippen LogP contribution in [0.15, 0.2) is 54.6 Å². The van der Waals surface area contributed by atoms with Crippen molar-refractivity contribution in [2.75, 3.05) is 0 Å². The van der Waals surface area contributed by atoms with Crippen molar-refractivity contribution in [2.24, 2.45) is 5.92 Å². The highest BCUT2D eigenvalue weighted by Crippen LogP contribution is 2.26. The number of unbranched alkanes of at least 4 members (excludes halogenated alkanes) is 1. The van der Waals surface area contributed by atoms with E-state index in [0.717, 1.165) is 38.5 Å². The lowest BCUT2D eigenvalue weighted by atomic mass is 9.90. The van der Waals surface area contributed by atoms with Crippen molar-refractivity contribution < 1.29 is 14.6 Å². The van der Waals surface area contributed by atoms with Crippen LogP contribution in [-0.2, 0) is 6.42 Å². The lowest BCUT2D eigenvalue weighted by molar-refractivity contribution is 0.0686. The fourth-order valence-corrected chi connectivity index (χ4v) is 3.30. The van der Waals surface area contributed by atoms with E-state index in [2.05, 4.69) is 38.1 Å². The molecule has 0 heterocycles. The number of rotatable bonds is 11. The van der Waals surface area contributed by atoms with Crippen molar-refractivity contribution >= 4 is 5.97 Å². The molecule has 3 heteroatoms. The van der Waals surface area contributed by atoms with Gasteiger partial charge in [-0.3, -0.25) is 0 Å². The number of carboxylic acids is 1. The van der Waals surface area contributed by atoms with Crippen molar-refractivity contribution in [2.45, 2.75) is 58.5 Å². The van der Waals surface area contributed by atoms with Crippen LogP contribution in [0.1, 0.15) is 61.9 Å². The van der Waals surface area contributed by atoms with Gasteiger partial charge in [0.25, 0.3) is 0 Å². The van der Waals surface area contributed by atoms with E-state index in [0.29, 0.717) is 11.7 Å². The van der Waals surface area contributed by atoms with Gasteiger partial charge >= 0.3 is 5.97 Å². The average Bonchev–Trinajstić information content (AvgIpc) is 2.66. The first-order chi connectivity index (χ1) is 12.6. The van der Waals surface area contributed by atoms with Gasteiger partial charge in [0.2, 0.25) is 0 Å². The molecule has 0 aromatic heterocycles. The fourth-order valence-electron chi connectivity index (χ4n) is 3.30. The smallest absolute Gasteiger partial charge is 0.339 e. The first kappa shape index (κ1) is 20.0. The molecule has 140 valence electrons. The van der Waals surface area contributed by atoms with Gasteiger partial charge in [-0.05, 0) is 42.9 Å². The molecule has 0 aliphatic carbocycles. The van der Waals surface area contributed by atoms with Crippen LogP contribution < -0.4 is 4.74 Å². The topological polar surface area (TPSA) is 46.5 Å². The number of hydrogen-bond donors (Lipinski definition) is 1. The molecule has 26 heavy (non-hydrogen) atoms. The van der Waals surface area contributed by atoms with Crippen LogP contribution in [0.3, 0.4) is 0 Å². The zero-order chi connectivity index (χ0) is 18.8. The molecule has 2 atom stereocenters. The summed E-state index contributed by atoms with van der Waals surface area (Å²) in [5, 5.41) is 9.40. The van der Waals surface area contributed by atoms with Crippen molar-refractivity contribution in [1.82, 2.24) is 0 Å². The Kier molecular flexibility index (Phi) is 8.20. The molecule has 0 aliphatic rings. The summed E-state index contributed by atoms with van der Waals surface area (Å²) in [6, 6.07) is 17.5. The second kappa shape index (κ2) is 10.6. The third-order valence-electron chi connectivity index (χ3n) is 4.83. The summed E-state index contributed by atoms with van der Waals surface area (Å²) in [5.41, 5.74) is 1.59. The van der Waals surface area contributed by atoms with E-state index < -0.39 is 5.97 Å². The molecular formula is C23H30O3. The lowest BCUT2D eigenvalue weighted by Gasteiger charge is -2.25. The van der Waals surface area contributed by atoms with Gasteiger partial charge in [0, 0.05) is 0 Å². The number of ether oxygens (including phenoxy) is 1. The Morgan fingerprint density at radius 3 is 2.38 bits per heavy atom. The zero-order valence-corrected chi connectivity index (χ0v) is 15.9. The van der Waals surface area contributed by atoms with Crippen molar-refractivity contribution in [3.05, 3.63) is 65.7 Å². The van der Waals surface area contributed by atoms with Crippen LogP contribution in [0.4, 0.5) is 0 Å². The first-order valence-electron chi connectivity index (χ1n) is 9.66. The maximum atomic E-state index is 11.5. The molecule has 0 amide bonds. The van der Waals surface area contributed by atoms with Gasteiger partial charge in [-0.2, -0.15) is 0 Å². The Hall–Kier alpha value is -2.29. The van der Waals surface area contributed by atoms with Crippen LogP contribution in [-0.4, -0.2) is 17.2 Å². The van der Waals surface area contributed by atoms with Crippen molar-refractivity contribution in [3.63, 3.8) is 0 Å². The van der Waals surface area contributed by atoms with Gasteiger partial charge in [-0.1, -0.05) is 75.6 Å². The molecule has 2 aromatic carbocycles. The van der Waals surface area contributed by atoms with Gasteiger partial charge in [0.15, 0.2) is 0 Å². The van der Waals surface area contributed by atoms with Gasteiger partial charge in [-0.15, -0.1) is 0 Å². The highest BCUT2D eigenvalue weighted by molar-refractivity contribution is 5.90. The standard InChI is InChI=1S/C23H30O3/c1-3-5-13-20(26-22-15-10-9-14-21(22)23(24)25)17-18(4-2)16-19-11-7-6-8-12-19/h6-12,14-15,18,20H,3-5,13,16-17H2,1-2H3,(H,24,25). The van der Waals surface area contributed by atoms with E-state index in [-0.39, 0.29) is 11.7 Å². The minimum Gasteiger partial charge on any atom is -0.490 e. The van der Waals surface area contributed by atoms with E-state index in [4.69, 9.17) is 4.74 Å². The second-order valence-corrected chi connectivity index (χ2v) is 6.88. The largest absolute Gasteiger partial charge is 0.490 e. The third kappa shape index (κ3) is 6.21. The predicted octanol–water partition coefficient (Wildman–Crippen LogP) is 5.98. The molecule has 3 nitrogen and oxygen atoms in total. The van der Waals surface area contributed by atoms with Crippen LogP contribution in [0.5, 0.6) is 5.75 Å². The van der Waals surface area contributed by atoms with E-state index in [1.54, 1.807) is 18.2 Å². The summed E-state index contributed by atoms with van der Waals surface area (Å²) >= 11 is 0. The normalized spacial score (nSPS) is 13.2. The van der Waals surface area contributed by atoms with Crippen LogP contribution in [0.2, 0.25) is 0 Å². The molecule has 0 bridgehead atoms. The summed E-state index contributed by atoms with van der Waals surface area (Å²) in [6.07, 6.45) is 6.25. The van der Waals surface area contributed by atoms with Gasteiger partial charge < -0.3 is 9.84 Å². The Balaban J connectivity index is 2.09. The van der Waals surface area contributed by atoms with E-state index >= 15 is 0 Å². The number of carbonyl (C=O) groups is 1. The molecule has 0 fully saturated rings. The Labute approximate surface area is 157 Å². The molecule has 0 radical (unpaired) electrons. The summed E-state index contributed by atoms with van der Waals surface area (Å²) < 4.78 is 6.20. The van der Waals surface area contributed by atoms with Crippen LogP contribution in [0, 0.1) is 5.92 Å². The minimum absolute atomic E-state index is 0.0455. The minimum atomic E-state index is -0.939. The second-order valence-electron chi connectivity index (χ2n) is 6.88. The number of aromatic carboxylic acids is 1. The van der Waals surface area contributed by atoms with E-state index in [1.807, 2.05) is 12.1 Å². The lowest BCUT2D eigenvalue weighted by Crippen LogP contribution is -2.23. The molecule has 0 saturated carbocycles. The summed E-state index contributed by atoms with van der Waals surface area (Å²) in [4.78, 5) is 11.5. The number of hydrogen-bond acceptors (Lipinski definition) is 2. The maximum Gasteiger partial charge on any atom is 0.339 e. The SMILES string of the molecule is CCCCC(CC(CC)Cc1ccccc1)Oc1ccccc1C(=O)O. The molecule has 0 spiro atoms. The molecule has 2 rings (SSSR count). The highest BCUT2D eigenvalue weighted by Gasteiger charge is 2.20. The fraction of sp³-hybridized carbons (Fsp3) is 0.435. The van der Waals surface area contributed by atoms with Crippen molar-refractivity contribution in [1.29, 1.82) is 0 Å². The summed E-state index contributed by atoms with van der Waals surface area (Å²) in [7, 11) is 0. The Morgan fingerprint density at radius 2 is 1.73 bits per heavy atom. The van der Waals surface area contributed by atoms with Gasteiger partial charge in [0.05, 0.1) is 6.10 Å². The molecular weight excluding hydrogens is 324 g/mol. The quantitative estimate of drug-likeness (QED) is 0.540. The Bertz CT molecular complexity index is 666.